The lowest BCUT2D eigenvalue weighted by atomic mass is 9.88. The lowest BCUT2D eigenvalue weighted by Crippen LogP contribution is -2.23. The van der Waals surface area contributed by atoms with Gasteiger partial charge in [0.25, 0.3) is 0 Å². The number of phenols is 1. The third-order valence-corrected chi connectivity index (χ3v) is 10.3. The number of phenolic OH excluding ortho intramolecular Hbond substituents is 1. The maximum absolute atomic E-state index is 12.2. The Morgan fingerprint density at radius 3 is 2.06 bits per heavy atom. The molecule has 0 bridgehead atoms. The summed E-state index contributed by atoms with van der Waals surface area (Å²) in [5, 5.41) is 19.4. The highest BCUT2D eigenvalue weighted by molar-refractivity contribution is 6.76. The molecule has 2 aromatic carbocycles. The monoisotopic (exact) mass is 682 g/mol. The van der Waals surface area contributed by atoms with Crippen molar-refractivity contribution in [3.05, 3.63) is 61.7 Å². The average Bonchev–Trinajstić information content (AvgIpc) is 3.60. The van der Waals surface area contributed by atoms with E-state index >= 15 is 0 Å². The predicted octanol–water partition coefficient (Wildman–Crippen LogP) is 7.20. The maximum atomic E-state index is 12.2. The second-order valence-corrected chi connectivity index (χ2v) is 19.0. The zero-order valence-electron chi connectivity index (χ0n) is 29.6. The third-order valence-electron chi connectivity index (χ3n) is 8.63. The van der Waals surface area contributed by atoms with Crippen molar-refractivity contribution in [1.82, 2.24) is 0 Å². The Kier molecular flexibility index (Phi) is 13.4. The number of rotatable bonds is 15. The predicted molar refractivity (Wildman–Crippen MR) is 185 cm³/mol. The number of benzene rings is 2. The number of carboxylic acids is 1. The van der Waals surface area contributed by atoms with Crippen LogP contribution in [0.5, 0.6) is 17.2 Å². The second-order valence-electron chi connectivity index (χ2n) is 13.4. The Bertz CT molecular complexity index is 1580. The molecular formula is C37H50O10Si. The molecule has 0 unspecified atom stereocenters. The van der Waals surface area contributed by atoms with Gasteiger partial charge in [-0.15, -0.1) is 0 Å². The lowest BCUT2D eigenvalue weighted by molar-refractivity contribution is -0.137. The van der Waals surface area contributed by atoms with Crippen molar-refractivity contribution < 1.29 is 48.3 Å². The molecule has 0 aromatic heterocycles. The van der Waals surface area contributed by atoms with Crippen molar-refractivity contribution in [2.75, 3.05) is 13.2 Å². The van der Waals surface area contributed by atoms with Gasteiger partial charge in [-0.3, -0.25) is 4.79 Å². The summed E-state index contributed by atoms with van der Waals surface area (Å²) in [5.41, 5.74) is 7.64. The molecule has 0 atom stereocenters. The molecule has 2 aliphatic heterocycles. The molecule has 48 heavy (non-hydrogen) atoms. The van der Waals surface area contributed by atoms with Gasteiger partial charge in [0.2, 0.25) is 0 Å². The van der Waals surface area contributed by atoms with Crippen molar-refractivity contribution in [3.63, 3.8) is 0 Å². The quantitative estimate of drug-likeness (QED) is 0.0856. The van der Waals surface area contributed by atoms with E-state index in [-0.39, 0.29) is 37.8 Å². The number of aldehydes is 1. The third kappa shape index (κ3) is 9.06. The zero-order valence-corrected chi connectivity index (χ0v) is 30.6. The topological polar surface area (TPSA) is 146 Å². The lowest BCUT2D eigenvalue weighted by Gasteiger charge is -2.21. The number of aliphatic carboxylic acids is 1. The van der Waals surface area contributed by atoms with Crippen LogP contribution < -0.4 is 9.47 Å². The number of allylic oxidation sites excluding steroid dienone is 2. The van der Waals surface area contributed by atoms with E-state index in [0.29, 0.717) is 54.2 Å². The first-order valence-electron chi connectivity index (χ1n) is 16.6. The normalized spacial score (nSPS) is 13.6. The van der Waals surface area contributed by atoms with Crippen molar-refractivity contribution in [3.8, 4) is 17.2 Å². The van der Waals surface area contributed by atoms with E-state index in [2.05, 4.69) is 26.6 Å². The standard InChI is InChI=1S/C19H24O5.C18H26O5Si/c1-4-5-13-12(3)15-10-24-19(23)17(15)18(22)14(13)8-6-11(2)7-9-16(20)21;1-6-21-16-12(2)14-11-23-18(20)15(14)17(13(16)7-8-19)22-9-10-24(3,4)5/h6,22H,4-5,7-10H2,1-3H3,(H,20,21);8H,6-7,9-11H2,1-5H3/b11-6+;. The zero-order chi connectivity index (χ0) is 35.8. The number of ether oxygens (including phenoxy) is 4. The number of carboxylic acid groups (broad SMARTS) is 1. The van der Waals surface area contributed by atoms with Crippen molar-refractivity contribution in [2.24, 2.45) is 0 Å². The van der Waals surface area contributed by atoms with Gasteiger partial charge >= 0.3 is 17.9 Å². The molecule has 2 aliphatic rings. The highest BCUT2D eigenvalue weighted by Crippen LogP contribution is 2.43. The molecule has 0 aliphatic carbocycles. The first-order valence-corrected chi connectivity index (χ1v) is 20.3. The van der Waals surface area contributed by atoms with E-state index in [1.165, 1.54) is 0 Å². The van der Waals surface area contributed by atoms with Crippen LogP contribution in [-0.2, 0) is 51.5 Å². The minimum Gasteiger partial charge on any atom is -0.507 e. The molecular weight excluding hydrogens is 632 g/mol. The van der Waals surface area contributed by atoms with Crippen LogP contribution in [0.1, 0.15) is 99.7 Å². The van der Waals surface area contributed by atoms with Gasteiger partial charge in [-0.2, -0.15) is 0 Å². The van der Waals surface area contributed by atoms with Crippen LogP contribution in [0, 0.1) is 13.8 Å². The fourth-order valence-corrected chi connectivity index (χ4v) is 6.62. The van der Waals surface area contributed by atoms with Gasteiger partial charge in [-0.05, 0) is 69.7 Å². The Labute approximate surface area is 284 Å². The Balaban J connectivity index is 0.000000260. The van der Waals surface area contributed by atoms with Crippen LogP contribution in [0.3, 0.4) is 0 Å². The van der Waals surface area contributed by atoms with Gasteiger partial charge in [-0.25, -0.2) is 9.59 Å². The number of fused-ring (bicyclic) bond motifs is 2. The Morgan fingerprint density at radius 2 is 1.50 bits per heavy atom. The van der Waals surface area contributed by atoms with E-state index < -0.39 is 20.0 Å². The van der Waals surface area contributed by atoms with Crippen LogP contribution in [-0.4, -0.2) is 55.7 Å². The minimum atomic E-state index is -1.27. The SMILES string of the molecule is CCCc1c(C)c2c(c(O)c1C/C=C(\C)CCC(=O)O)C(=O)OC2.CCOc1c(C)c2c(c(OCC[Si](C)(C)C)c1CC=O)C(=O)OC2. The summed E-state index contributed by atoms with van der Waals surface area (Å²) in [6.07, 6.45) is 5.70. The molecule has 262 valence electrons. The van der Waals surface area contributed by atoms with Gasteiger partial charge in [0.05, 0.1) is 13.2 Å². The van der Waals surface area contributed by atoms with Crippen LogP contribution in [0.25, 0.3) is 0 Å². The van der Waals surface area contributed by atoms with E-state index in [4.69, 9.17) is 24.1 Å². The summed E-state index contributed by atoms with van der Waals surface area (Å²) in [4.78, 5) is 46.0. The van der Waals surface area contributed by atoms with Gasteiger partial charge in [0.1, 0.15) is 47.9 Å². The van der Waals surface area contributed by atoms with Crippen molar-refractivity contribution >= 4 is 32.3 Å². The highest BCUT2D eigenvalue weighted by Gasteiger charge is 2.34. The molecule has 2 heterocycles. The molecule has 0 spiro atoms. The second kappa shape index (κ2) is 16.8. The van der Waals surface area contributed by atoms with Crippen molar-refractivity contribution in [1.29, 1.82) is 0 Å². The van der Waals surface area contributed by atoms with Crippen LogP contribution in [0.2, 0.25) is 25.7 Å². The van der Waals surface area contributed by atoms with Crippen molar-refractivity contribution in [2.45, 2.75) is 112 Å². The maximum Gasteiger partial charge on any atom is 0.342 e. The van der Waals surface area contributed by atoms with Gasteiger partial charge in [-0.1, -0.05) is 44.6 Å². The first-order chi connectivity index (χ1) is 22.7. The Morgan fingerprint density at radius 1 is 0.875 bits per heavy atom. The number of esters is 2. The van der Waals surface area contributed by atoms with E-state index in [1.807, 2.05) is 33.8 Å². The highest BCUT2D eigenvalue weighted by atomic mass is 28.3. The van der Waals surface area contributed by atoms with Gasteiger partial charge < -0.3 is 34.0 Å². The minimum absolute atomic E-state index is 0.0174. The van der Waals surface area contributed by atoms with E-state index in [1.54, 1.807) is 0 Å². The molecule has 2 aromatic rings. The molecule has 10 nitrogen and oxygen atoms in total. The fourth-order valence-electron chi connectivity index (χ4n) is 5.91. The molecule has 0 amide bonds. The Hall–Kier alpha value is -4.12. The summed E-state index contributed by atoms with van der Waals surface area (Å²) in [5.74, 6) is -0.554. The van der Waals surface area contributed by atoms with Crippen LogP contribution >= 0.6 is 0 Å². The number of cyclic esters (lactones) is 2. The molecule has 0 saturated heterocycles. The number of carbonyl (C=O) groups excluding carboxylic acids is 3. The summed E-state index contributed by atoms with van der Waals surface area (Å²) in [6, 6.07) is 0.967. The van der Waals surface area contributed by atoms with Crippen LogP contribution in [0.4, 0.5) is 0 Å². The summed E-state index contributed by atoms with van der Waals surface area (Å²) < 4.78 is 22.1. The first kappa shape index (κ1) is 38.3. The average molecular weight is 683 g/mol. The molecule has 0 saturated carbocycles. The van der Waals surface area contributed by atoms with E-state index in [0.717, 1.165) is 64.1 Å². The fraction of sp³-hybridized carbons (Fsp3) is 0.514. The summed E-state index contributed by atoms with van der Waals surface area (Å²) in [6.45, 7) is 18.0. The molecule has 4 rings (SSSR count). The number of hydrogen-bond acceptors (Lipinski definition) is 9. The number of hydrogen-bond donors (Lipinski definition) is 2. The summed E-state index contributed by atoms with van der Waals surface area (Å²) in [7, 11) is -1.27. The molecule has 0 radical (unpaired) electrons. The number of carbonyl (C=O) groups is 4. The van der Waals surface area contributed by atoms with Gasteiger partial charge in [0, 0.05) is 43.2 Å². The van der Waals surface area contributed by atoms with Gasteiger partial charge in [0.15, 0.2) is 0 Å². The molecule has 0 fully saturated rings. The smallest absolute Gasteiger partial charge is 0.342 e. The molecule has 11 heteroatoms. The largest absolute Gasteiger partial charge is 0.507 e. The number of aromatic hydroxyl groups is 1. The van der Waals surface area contributed by atoms with E-state index in [9.17, 15) is 24.3 Å². The van der Waals surface area contributed by atoms with Crippen LogP contribution in [0.15, 0.2) is 11.6 Å². The summed E-state index contributed by atoms with van der Waals surface area (Å²) >= 11 is 0. The molecule has 2 N–H and O–H groups in total.